The standard InChI is InChI=1S/C9H13NO3S2/c1-5(11)3-4-14-9-10-6(2)7(15-9)8(12)13/h5,11H,3-4H2,1-2H3,(H,12,13). The van der Waals surface area contributed by atoms with Gasteiger partial charge < -0.3 is 10.2 Å². The third kappa shape index (κ3) is 3.81. The number of hydrogen-bond acceptors (Lipinski definition) is 5. The lowest BCUT2D eigenvalue weighted by Crippen LogP contribution is -1.99. The highest BCUT2D eigenvalue weighted by atomic mass is 32.2. The molecule has 1 atom stereocenters. The zero-order valence-corrected chi connectivity index (χ0v) is 10.2. The van der Waals surface area contributed by atoms with Gasteiger partial charge in [0.1, 0.15) is 4.88 Å². The van der Waals surface area contributed by atoms with E-state index in [9.17, 15) is 4.79 Å². The number of carboxylic acid groups (broad SMARTS) is 1. The molecule has 6 heteroatoms. The summed E-state index contributed by atoms with van der Waals surface area (Å²) < 4.78 is 0.755. The summed E-state index contributed by atoms with van der Waals surface area (Å²) in [4.78, 5) is 15.2. The first-order valence-corrected chi connectivity index (χ1v) is 6.32. The molecule has 2 N–H and O–H groups in total. The van der Waals surface area contributed by atoms with E-state index in [1.54, 1.807) is 13.8 Å². The van der Waals surface area contributed by atoms with Crippen LogP contribution < -0.4 is 0 Å². The molecule has 1 unspecified atom stereocenters. The van der Waals surface area contributed by atoms with Crippen LogP contribution in [0.1, 0.15) is 28.7 Å². The van der Waals surface area contributed by atoms with Gasteiger partial charge in [-0.25, -0.2) is 9.78 Å². The van der Waals surface area contributed by atoms with Gasteiger partial charge >= 0.3 is 5.97 Å². The average Bonchev–Trinajstić information content (AvgIpc) is 2.46. The zero-order chi connectivity index (χ0) is 11.4. The van der Waals surface area contributed by atoms with Crippen LogP contribution in [0.2, 0.25) is 0 Å². The molecule has 1 heterocycles. The number of carboxylic acids is 1. The largest absolute Gasteiger partial charge is 0.477 e. The molecule has 0 saturated heterocycles. The summed E-state index contributed by atoms with van der Waals surface area (Å²) in [5.41, 5.74) is 0.562. The van der Waals surface area contributed by atoms with Gasteiger partial charge in [0.25, 0.3) is 0 Å². The van der Waals surface area contributed by atoms with Gasteiger partial charge in [0.15, 0.2) is 4.34 Å². The predicted octanol–water partition coefficient (Wildman–Crippen LogP) is 2.01. The van der Waals surface area contributed by atoms with E-state index < -0.39 is 5.97 Å². The maximum Gasteiger partial charge on any atom is 0.347 e. The van der Waals surface area contributed by atoms with Crippen LogP contribution >= 0.6 is 23.1 Å². The molecule has 0 radical (unpaired) electrons. The van der Waals surface area contributed by atoms with Gasteiger partial charge in [-0.3, -0.25) is 0 Å². The Balaban J connectivity index is 2.56. The second-order valence-electron chi connectivity index (χ2n) is 3.19. The molecule has 0 amide bonds. The van der Waals surface area contributed by atoms with E-state index in [1.165, 1.54) is 23.1 Å². The van der Waals surface area contributed by atoms with Crippen LogP contribution in [0.5, 0.6) is 0 Å². The molecular weight excluding hydrogens is 234 g/mol. The summed E-state index contributed by atoms with van der Waals surface area (Å²) in [6.45, 7) is 3.43. The number of thiazole rings is 1. The van der Waals surface area contributed by atoms with E-state index in [0.717, 1.165) is 10.1 Å². The lowest BCUT2D eigenvalue weighted by Gasteiger charge is -2.00. The highest BCUT2D eigenvalue weighted by Crippen LogP contribution is 2.27. The predicted molar refractivity (Wildman–Crippen MR) is 60.8 cm³/mol. The fourth-order valence-corrected chi connectivity index (χ4v) is 3.16. The summed E-state index contributed by atoms with van der Waals surface area (Å²) >= 11 is 2.68. The number of aromatic nitrogens is 1. The summed E-state index contributed by atoms with van der Waals surface area (Å²) in [7, 11) is 0. The lowest BCUT2D eigenvalue weighted by molar-refractivity contribution is 0.0701. The molecular formula is C9H13NO3S2. The van der Waals surface area contributed by atoms with E-state index in [0.29, 0.717) is 17.0 Å². The van der Waals surface area contributed by atoms with Crippen molar-refractivity contribution in [2.24, 2.45) is 0 Å². The molecule has 0 aliphatic heterocycles. The number of thioether (sulfide) groups is 1. The Hall–Kier alpha value is -0.590. The second kappa shape index (κ2) is 5.48. The molecule has 0 saturated carbocycles. The number of aliphatic hydroxyl groups is 1. The second-order valence-corrected chi connectivity index (χ2v) is 5.53. The fourth-order valence-electron chi connectivity index (χ4n) is 0.949. The number of carbonyl (C=O) groups is 1. The van der Waals surface area contributed by atoms with Gasteiger partial charge in [-0.2, -0.15) is 0 Å². The SMILES string of the molecule is Cc1nc(SCCC(C)O)sc1C(=O)O. The van der Waals surface area contributed by atoms with Crippen molar-refractivity contribution >= 4 is 29.1 Å². The number of aromatic carboxylic acids is 1. The molecule has 0 aliphatic rings. The molecule has 0 bridgehead atoms. The molecule has 0 fully saturated rings. The molecule has 4 nitrogen and oxygen atoms in total. The van der Waals surface area contributed by atoms with Crippen molar-refractivity contribution < 1.29 is 15.0 Å². The van der Waals surface area contributed by atoms with E-state index in [4.69, 9.17) is 10.2 Å². The average molecular weight is 247 g/mol. The van der Waals surface area contributed by atoms with Crippen LogP contribution in [0.25, 0.3) is 0 Å². The van der Waals surface area contributed by atoms with Gasteiger partial charge in [-0.1, -0.05) is 11.8 Å². The van der Waals surface area contributed by atoms with Crippen molar-refractivity contribution in [3.05, 3.63) is 10.6 Å². The first-order chi connectivity index (χ1) is 7.00. The third-order valence-corrected chi connectivity index (χ3v) is 4.05. The number of rotatable bonds is 5. The van der Waals surface area contributed by atoms with Gasteiger partial charge in [0.2, 0.25) is 0 Å². The Labute approximate surface area is 96.4 Å². The smallest absolute Gasteiger partial charge is 0.347 e. The van der Waals surface area contributed by atoms with Gasteiger partial charge in [-0.15, -0.1) is 11.3 Å². The van der Waals surface area contributed by atoms with Crippen molar-refractivity contribution in [1.82, 2.24) is 4.98 Å². The monoisotopic (exact) mass is 247 g/mol. The number of aliphatic hydroxyl groups excluding tert-OH is 1. The quantitative estimate of drug-likeness (QED) is 0.779. The number of nitrogens with zero attached hydrogens (tertiary/aromatic N) is 1. The highest BCUT2D eigenvalue weighted by Gasteiger charge is 2.13. The van der Waals surface area contributed by atoms with Gasteiger partial charge in [0.05, 0.1) is 11.8 Å². The molecule has 15 heavy (non-hydrogen) atoms. The van der Waals surface area contributed by atoms with Crippen LogP contribution in [0.15, 0.2) is 4.34 Å². The van der Waals surface area contributed by atoms with Crippen LogP contribution in [0.4, 0.5) is 0 Å². The van der Waals surface area contributed by atoms with Crippen molar-refractivity contribution in [3.63, 3.8) is 0 Å². The van der Waals surface area contributed by atoms with Crippen molar-refractivity contribution in [2.45, 2.75) is 30.7 Å². The molecule has 1 aromatic rings. The summed E-state index contributed by atoms with van der Waals surface area (Å²) in [6.07, 6.45) is 0.364. The lowest BCUT2D eigenvalue weighted by atomic mass is 10.3. The minimum absolute atomic E-state index is 0.301. The Bertz CT molecular complexity index is 349. The van der Waals surface area contributed by atoms with Crippen LogP contribution in [-0.4, -0.2) is 33.0 Å². The van der Waals surface area contributed by atoms with Crippen molar-refractivity contribution in [1.29, 1.82) is 0 Å². The first-order valence-electron chi connectivity index (χ1n) is 4.52. The van der Waals surface area contributed by atoms with Gasteiger partial charge in [-0.05, 0) is 20.3 Å². The van der Waals surface area contributed by atoms with Crippen molar-refractivity contribution in [2.75, 3.05) is 5.75 Å². The maximum atomic E-state index is 10.7. The van der Waals surface area contributed by atoms with Crippen molar-refractivity contribution in [3.8, 4) is 0 Å². The number of hydrogen-bond donors (Lipinski definition) is 2. The van der Waals surface area contributed by atoms with E-state index in [2.05, 4.69) is 4.98 Å². The molecule has 1 aromatic heterocycles. The Morgan fingerprint density at radius 1 is 1.67 bits per heavy atom. The molecule has 0 aromatic carbocycles. The Kier molecular flexibility index (Phi) is 4.56. The topological polar surface area (TPSA) is 70.4 Å². The third-order valence-electron chi connectivity index (χ3n) is 1.73. The molecule has 0 aliphatic carbocycles. The van der Waals surface area contributed by atoms with E-state index in [-0.39, 0.29) is 6.10 Å². The first kappa shape index (κ1) is 12.5. The van der Waals surface area contributed by atoms with E-state index >= 15 is 0 Å². The van der Waals surface area contributed by atoms with Crippen LogP contribution in [0.3, 0.4) is 0 Å². The minimum Gasteiger partial charge on any atom is -0.477 e. The highest BCUT2D eigenvalue weighted by molar-refractivity contribution is 8.01. The number of aryl methyl sites for hydroxylation is 1. The zero-order valence-electron chi connectivity index (χ0n) is 8.56. The molecule has 0 spiro atoms. The summed E-state index contributed by atoms with van der Waals surface area (Å²) in [5.74, 6) is -0.170. The van der Waals surface area contributed by atoms with Gasteiger partial charge in [0, 0.05) is 5.75 Å². The fraction of sp³-hybridized carbons (Fsp3) is 0.556. The van der Waals surface area contributed by atoms with Crippen LogP contribution in [-0.2, 0) is 0 Å². The Morgan fingerprint density at radius 3 is 2.80 bits per heavy atom. The van der Waals surface area contributed by atoms with Crippen LogP contribution in [0, 0.1) is 6.92 Å². The minimum atomic E-state index is -0.924. The molecule has 1 rings (SSSR count). The molecule has 84 valence electrons. The summed E-state index contributed by atoms with van der Waals surface area (Å²) in [6, 6.07) is 0. The van der Waals surface area contributed by atoms with E-state index in [1.807, 2.05) is 0 Å². The Morgan fingerprint density at radius 2 is 2.33 bits per heavy atom. The summed E-state index contributed by atoms with van der Waals surface area (Å²) in [5, 5.41) is 17.9. The maximum absolute atomic E-state index is 10.7. The normalized spacial score (nSPS) is 12.7.